The fourth-order valence-corrected chi connectivity index (χ4v) is 1.86. The smallest absolute Gasteiger partial charge is 0.187 e. The first-order chi connectivity index (χ1) is 6.43. The minimum Gasteiger partial charge on any atom is -0.491 e. The minimum absolute atomic E-state index is 0.510. The van der Waals surface area contributed by atoms with Crippen molar-refractivity contribution in [1.29, 1.82) is 0 Å². The molecule has 4 nitrogen and oxygen atoms in total. The van der Waals surface area contributed by atoms with Gasteiger partial charge in [0.15, 0.2) is 11.5 Å². The van der Waals surface area contributed by atoms with Crippen LogP contribution in [-0.4, -0.2) is 17.3 Å². The number of fused-ring (bicyclic) bond motifs is 2. The average molecular weight is 194 g/mol. The van der Waals surface area contributed by atoms with Crippen molar-refractivity contribution in [3.8, 4) is 5.75 Å². The van der Waals surface area contributed by atoms with E-state index in [9.17, 15) is 0 Å². The Kier molecular flexibility index (Phi) is 1.40. The summed E-state index contributed by atoms with van der Waals surface area (Å²) in [6, 6.07) is 0. The zero-order valence-corrected chi connectivity index (χ0v) is 7.43. The van der Waals surface area contributed by atoms with Crippen LogP contribution in [0.3, 0.4) is 0 Å². The van der Waals surface area contributed by atoms with E-state index in [2.05, 4.69) is 9.38 Å². The molecule has 0 bridgehead atoms. The summed E-state index contributed by atoms with van der Waals surface area (Å²) in [5.41, 5.74) is 0.862. The highest BCUT2D eigenvalue weighted by molar-refractivity contribution is 7.98. The van der Waals surface area contributed by atoms with E-state index < -0.39 is 0 Å². The first-order valence-corrected chi connectivity index (χ1v) is 4.61. The van der Waals surface area contributed by atoms with E-state index in [-0.39, 0.29) is 0 Å². The predicted molar refractivity (Wildman–Crippen MR) is 48.7 cm³/mol. The Balaban J connectivity index is 2.07. The second kappa shape index (κ2) is 2.56. The predicted octanol–water partition coefficient (Wildman–Crippen LogP) is 1.73. The number of nitrogens with one attached hydrogen (secondary N) is 1. The van der Waals surface area contributed by atoms with Gasteiger partial charge in [-0.15, -0.1) is 0 Å². The van der Waals surface area contributed by atoms with Crippen LogP contribution in [0.2, 0.25) is 0 Å². The summed E-state index contributed by atoms with van der Waals surface area (Å²) >= 11 is 1.40. The van der Waals surface area contributed by atoms with E-state index in [1.54, 1.807) is 12.5 Å². The Morgan fingerprint density at radius 2 is 2.46 bits per heavy atom. The van der Waals surface area contributed by atoms with Crippen LogP contribution in [0.25, 0.3) is 0 Å². The lowest BCUT2D eigenvalue weighted by atomic mass is 10.4. The second-order valence-corrected chi connectivity index (χ2v) is 3.51. The Labute approximate surface area is 78.8 Å². The molecule has 0 aromatic carbocycles. The summed E-state index contributed by atoms with van der Waals surface area (Å²) in [6.45, 7) is 0.510. The number of rotatable bonds is 0. The molecule has 0 spiro atoms. The van der Waals surface area contributed by atoms with Crippen LogP contribution in [-0.2, 0) is 4.74 Å². The number of aromatic nitrogens is 1. The molecule has 0 saturated heterocycles. The molecule has 3 heterocycles. The van der Waals surface area contributed by atoms with Gasteiger partial charge in [0.1, 0.15) is 18.6 Å². The molecule has 1 N–H and O–H groups in total. The summed E-state index contributed by atoms with van der Waals surface area (Å²) in [6.07, 6.45) is 5.27. The lowest BCUT2D eigenvalue weighted by molar-refractivity contribution is 0.308. The molecular weight excluding hydrogens is 188 g/mol. The van der Waals surface area contributed by atoms with Gasteiger partial charge in [0, 0.05) is 24.3 Å². The molecule has 0 aliphatic carbocycles. The minimum atomic E-state index is 0.510. The van der Waals surface area contributed by atoms with E-state index in [4.69, 9.17) is 9.47 Å². The van der Waals surface area contributed by atoms with E-state index in [0.29, 0.717) is 12.4 Å². The molecule has 2 aliphatic heterocycles. The Bertz CT molecular complexity index is 408. The topological polar surface area (TPSA) is 46.6 Å². The largest absolute Gasteiger partial charge is 0.491 e. The highest BCUT2D eigenvalue weighted by atomic mass is 32.2. The molecule has 0 saturated carbocycles. The molecule has 1 aromatic heterocycles. The maximum atomic E-state index is 5.57. The molecule has 0 radical (unpaired) electrons. The fourth-order valence-electron chi connectivity index (χ4n) is 1.20. The third-order valence-electron chi connectivity index (χ3n) is 1.84. The van der Waals surface area contributed by atoms with Crippen LogP contribution in [0.15, 0.2) is 33.7 Å². The highest BCUT2D eigenvalue weighted by Crippen LogP contribution is 2.35. The van der Waals surface area contributed by atoms with Crippen molar-refractivity contribution in [2.24, 2.45) is 4.40 Å². The number of H-pyrrole nitrogens is 1. The molecule has 13 heavy (non-hydrogen) atoms. The van der Waals surface area contributed by atoms with Crippen LogP contribution in [0.4, 0.5) is 0 Å². The van der Waals surface area contributed by atoms with Gasteiger partial charge in [-0.2, -0.15) is 0 Å². The number of hydrogen-bond acceptors (Lipinski definition) is 4. The molecule has 3 rings (SSSR count). The molecule has 0 unspecified atom stereocenters. The van der Waals surface area contributed by atoms with Crippen LogP contribution < -0.4 is 4.74 Å². The number of hydrogen-bond donors (Lipinski definition) is 1. The van der Waals surface area contributed by atoms with Gasteiger partial charge in [0.2, 0.25) is 0 Å². The maximum absolute atomic E-state index is 5.57. The standard InChI is InChI=1S/C8H6N2O2S/c1-6-8(2-9-1)13-10-5-3-11-4-7(5)12-6/h1-2,4,9H,3H2. The molecule has 0 atom stereocenters. The number of aromatic amines is 1. The molecule has 66 valence electrons. The first kappa shape index (κ1) is 7.08. The number of ether oxygens (including phenoxy) is 2. The van der Waals surface area contributed by atoms with Crippen molar-refractivity contribution in [2.75, 3.05) is 6.61 Å². The van der Waals surface area contributed by atoms with Gasteiger partial charge >= 0.3 is 0 Å². The normalized spacial score (nSPS) is 18.8. The lowest BCUT2D eigenvalue weighted by Crippen LogP contribution is -2.05. The Morgan fingerprint density at radius 1 is 1.46 bits per heavy atom. The van der Waals surface area contributed by atoms with Gasteiger partial charge in [-0.1, -0.05) is 0 Å². The Morgan fingerprint density at radius 3 is 3.46 bits per heavy atom. The first-order valence-electron chi connectivity index (χ1n) is 3.84. The van der Waals surface area contributed by atoms with Crippen LogP contribution in [0, 0.1) is 0 Å². The van der Waals surface area contributed by atoms with Crippen LogP contribution >= 0.6 is 11.9 Å². The van der Waals surface area contributed by atoms with Crippen LogP contribution in [0.1, 0.15) is 0 Å². The maximum Gasteiger partial charge on any atom is 0.187 e. The van der Waals surface area contributed by atoms with Gasteiger partial charge in [-0.3, -0.25) is 0 Å². The summed E-state index contributed by atoms with van der Waals surface area (Å²) in [5, 5.41) is 0. The van der Waals surface area contributed by atoms with Gasteiger partial charge < -0.3 is 14.5 Å². The van der Waals surface area contributed by atoms with Gasteiger partial charge in [-0.05, 0) is 0 Å². The second-order valence-electron chi connectivity index (χ2n) is 2.71. The van der Waals surface area contributed by atoms with E-state index in [0.717, 1.165) is 16.4 Å². The Hall–Kier alpha value is -1.36. The summed E-state index contributed by atoms with van der Waals surface area (Å²) in [4.78, 5) is 3.97. The highest BCUT2D eigenvalue weighted by Gasteiger charge is 2.22. The molecule has 0 fully saturated rings. The number of nitrogens with zero attached hydrogens (tertiary/aromatic N) is 1. The quantitative estimate of drug-likeness (QED) is 0.640. The van der Waals surface area contributed by atoms with Crippen molar-refractivity contribution < 1.29 is 9.47 Å². The summed E-state index contributed by atoms with van der Waals surface area (Å²) in [5.74, 6) is 1.52. The van der Waals surface area contributed by atoms with Gasteiger partial charge in [-0.25, -0.2) is 4.40 Å². The van der Waals surface area contributed by atoms with E-state index in [1.165, 1.54) is 11.9 Å². The molecule has 2 aliphatic rings. The average Bonchev–Trinajstić information content (AvgIpc) is 2.72. The molecule has 1 aromatic rings. The van der Waals surface area contributed by atoms with Crippen LogP contribution in [0.5, 0.6) is 5.75 Å². The molecular formula is C8H6N2O2S. The monoisotopic (exact) mass is 194 g/mol. The van der Waals surface area contributed by atoms with Crippen molar-refractivity contribution >= 4 is 17.7 Å². The third kappa shape index (κ3) is 1.04. The van der Waals surface area contributed by atoms with Gasteiger partial charge in [0.05, 0.1) is 4.90 Å². The molecule has 5 heteroatoms. The zero-order chi connectivity index (χ0) is 8.67. The van der Waals surface area contributed by atoms with Crippen molar-refractivity contribution in [1.82, 2.24) is 4.98 Å². The third-order valence-corrected chi connectivity index (χ3v) is 2.67. The van der Waals surface area contributed by atoms with Crippen molar-refractivity contribution in [2.45, 2.75) is 4.90 Å². The SMILES string of the molecule is C1=C2Oc3c[nH]cc3SN=C2CO1. The fraction of sp³-hybridized carbons (Fsp3) is 0.125. The van der Waals surface area contributed by atoms with Crippen molar-refractivity contribution in [3.63, 3.8) is 0 Å². The molecule has 0 amide bonds. The summed E-state index contributed by atoms with van der Waals surface area (Å²) < 4.78 is 15.0. The lowest BCUT2D eigenvalue weighted by Gasteiger charge is -1.99. The summed E-state index contributed by atoms with van der Waals surface area (Å²) in [7, 11) is 0. The van der Waals surface area contributed by atoms with Gasteiger partial charge in [0.25, 0.3) is 0 Å². The van der Waals surface area contributed by atoms with E-state index >= 15 is 0 Å². The van der Waals surface area contributed by atoms with Crippen molar-refractivity contribution in [3.05, 3.63) is 24.4 Å². The van der Waals surface area contributed by atoms with E-state index in [1.807, 2.05) is 6.20 Å². The zero-order valence-electron chi connectivity index (χ0n) is 6.61.